The van der Waals surface area contributed by atoms with Gasteiger partial charge in [0.05, 0.1) is 0 Å². The molecule has 0 aromatic carbocycles. The Bertz CT molecular complexity index is 596. The zero-order valence-corrected chi connectivity index (χ0v) is 14.7. The second-order valence-electron chi connectivity index (χ2n) is 6.43. The van der Waals surface area contributed by atoms with Crippen molar-refractivity contribution in [2.75, 3.05) is 0 Å². The molecule has 0 fully saturated rings. The van der Waals surface area contributed by atoms with Crippen LogP contribution in [0.15, 0.2) is 41.7 Å². The van der Waals surface area contributed by atoms with Gasteiger partial charge in [-0.25, -0.2) is 4.39 Å². The standard InChI is InChI=1S/C18H24F4N2O2/c1-3-4-5-6-7-8-15(16(25)26)23-17(2)11-9-13(19)14(10-12-17)24-18(20,21)22/h3,9-10,12,15,23H,1,4-8,11H2,2H3,(H,25,26). The topological polar surface area (TPSA) is 61.7 Å². The highest BCUT2D eigenvalue weighted by atomic mass is 19.4. The Balaban J connectivity index is 2.82. The molecular weight excluding hydrogens is 352 g/mol. The molecule has 0 saturated carbocycles. The molecule has 0 spiro atoms. The van der Waals surface area contributed by atoms with Crippen LogP contribution in [0.5, 0.6) is 0 Å². The maximum Gasteiger partial charge on any atom is 0.503 e. The second kappa shape index (κ2) is 9.66. The molecule has 1 aliphatic rings. The number of hydrogen-bond acceptors (Lipinski definition) is 3. The molecule has 2 N–H and O–H groups in total. The molecule has 26 heavy (non-hydrogen) atoms. The first kappa shape index (κ1) is 22.1. The van der Waals surface area contributed by atoms with Crippen LogP contribution in [0.1, 0.15) is 45.4 Å². The maximum atomic E-state index is 13.8. The fourth-order valence-electron chi connectivity index (χ4n) is 2.62. The van der Waals surface area contributed by atoms with Gasteiger partial charge in [-0.15, -0.1) is 19.8 Å². The van der Waals surface area contributed by atoms with E-state index in [0.717, 1.165) is 31.4 Å². The van der Waals surface area contributed by atoms with E-state index in [1.54, 1.807) is 13.0 Å². The fraction of sp³-hybridized carbons (Fsp3) is 0.556. The predicted molar refractivity (Wildman–Crippen MR) is 92.7 cm³/mol. The number of aliphatic carboxylic acids is 1. The van der Waals surface area contributed by atoms with Gasteiger partial charge in [-0.2, -0.15) is 4.99 Å². The smallest absolute Gasteiger partial charge is 0.480 e. The van der Waals surface area contributed by atoms with E-state index in [-0.39, 0.29) is 6.42 Å². The molecule has 0 aromatic heterocycles. The summed E-state index contributed by atoms with van der Waals surface area (Å²) in [5.74, 6) is -2.14. The molecule has 2 atom stereocenters. The number of rotatable bonds is 9. The number of aliphatic imine (C=N–C) groups is 1. The van der Waals surface area contributed by atoms with E-state index >= 15 is 0 Å². The second-order valence-corrected chi connectivity index (χ2v) is 6.43. The lowest BCUT2D eigenvalue weighted by molar-refractivity contribution is -0.140. The minimum absolute atomic E-state index is 0.00640. The van der Waals surface area contributed by atoms with Gasteiger partial charge in [0, 0.05) is 5.54 Å². The molecule has 1 rings (SSSR count). The monoisotopic (exact) mass is 376 g/mol. The molecule has 1 aliphatic carbocycles. The summed E-state index contributed by atoms with van der Waals surface area (Å²) >= 11 is 0. The Hall–Kier alpha value is -1.96. The third-order valence-corrected chi connectivity index (χ3v) is 4.01. The molecule has 0 amide bonds. The van der Waals surface area contributed by atoms with Crippen LogP contribution in [0.3, 0.4) is 0 Å². The van der Waals surface area contributed by atoms with Gasteiger partial charge in [0.25, 0.3) is 0 Å². The van der Waals surface area contributed by atoms with Crippen LogP contribution in [0, 0.1) is 0 Å². The van der Waals surface area contributed by atoms with Crippen molar-refractivity contribution in [2.45, 2.75) is 63.3 Å². The van der Waals surface area contributed by atoms with E-state index in [0.29, 0.717) is 12.8 Å². The molecule has 2 unspecified atom stereocenters. The van der Waals surface area contributed by atoms with Gasteiger partial charge in [0.15, 0.2) is 0 Å². The van der Waals surface area contributed by atoms with Gasteiger partial charge in [0.1, 0.15) is 17.6 Å². The summed E-state index contributed by atoms with van der Waals surface area (Å²) in [7, 11) is 0. The van der Waals surface area contributed by atoms with Gasteiger partial charge in [-0.3, -0.25) is 10.1 Å². The zero-order chi connectivity index (χ0) is 19.8. The first-order chi connectivity index (χ1) is 12.1. The number of carboxylic acids is 1. The molecule has 4 nitrogen and oxygen atoms in total. The number of unbranched alkanes of at least 4 members (excludes halogenated alkanes) is 3. The quantitative estimate of drug-likeness (QED) is 0.265. The number of alkyl halides is 3. The Labute approximate surface area is 150 Å². The Kier molecular flexibility index (Phi) is 8.20. The highest BCUT2D eigenvalue weighted by molar-refractivity contribution is 6.07. The molecule has 0 bridgehead atoms. The molecule has 8 heteroatoms. The van der Waals surface area contributed by atoms with Crippen molar-refractivity contribution in [2.24, 2.45) is 4.99 Å². The van der Waals surface area contributed by atoms with Crippen molar-refractivity contribution in [3.05, 3.63) is 36.7 Å². The predicted octanol–water partition coefficient (Wildman–Crippen LogP) is 4.70. The fourth-order valence-corrected chi connectivity index (χ4v) is 2.62. The SMILES string of the molecule is C=CCCCCCC(NC1(C)C=CC(=NC(F)(F)F)C(F)=CC1)C(=O)O. The summed E-state index contributed by atoms with van der Waals surface area (Å²) in [5.41, 5.74) is -1.82. The Morgan fingerprint density at radius 2 is 2.15 bits per heavy atom. The highest BCUT2D eigenvalue weighted by Gasteiger charge is 2.32. The van der Waals surface area contributed by atoms with Crippen molar-refractivity contribution < 1.29 is 27.5 Å². The number of allylic oxidation sites excluding steroid dienone is 3. The molecule has 0 aliphatic heterocycles. The largest absolute Gasteiger partial charge is 0.503 e. The summed E-state index contributed by atoms with van der Waals surface area (Å²) in [6.07, 6.45) is 3.84. The van der Waals surface area contributed by atoms with Gasteiger partial charge in [-0.05, 0) is 44.8 Å². The van der Waals surface area contributed by atoms with E-state index in [9.17, 15) is 27.5 Å². The average Bonchev–Trinajstić information content (AvgIpc) is 2.66. The molecule has 0 saturated heterocycles. The lowest BCUT2D eigenvalue weighted by atomic mass is 9.95. The van der Waals surface area contributed by atoms with Crippen LogP contribution in [0.2, 0.25) is 0 Å². The van der Waals surface area contributed by atoms with Crippen molar-refractivity contribution >= 4 is 11.7 Å². The first-order valence-electron chi connectivity index (χ1n) is 8.39. The van der Waals surface area contributed by atoms with Crippen molar-refractivity contribution in [1.29, 1.82) is 0 Å². The zero-order valence-electron chi connectivity index (χ0n) is 14.7. The number of carboxylic acid groups (broad SMARTS) is 1. The number of nitrogens with one attached hydrogen (secondary N) is 1. The van der Waals surface area contributed by atoms with Crippen LogP contribution in [-0.2, 0) is 4.79 Å². The molecule has 0 aromatic rings. The number of halogens is 4. The summed E-state index contributed by atoms with van der Waals surface area (Å²) in [4.78, 5) is 13.9. The highest BCUT2D eigenvalue weighted by Crippen LogP contribution is 2.25. The van der Waals surface area contributed by atoms with Gasteiger partial charge < -0.3 is 5.11 Å². The number of carbonyl (C=O) groups is 1. The van der Waals surface area contributed by atoms with Crippen molar-refractivity contribution in [3.8, 4) is 0 Å². The van der Waals surface area contributed by atoms with E-state index in [1.807, 2.05) is 0 Å². The number of nitrogens with zero attached hydrogens (tertiary/aromatic N) is 1. The minimum atomic E-state index is -4.88. The van der Waals surface area contributed by atoms with Crippen LogP contribution >= 0.6 is 0 Å². The van der Waals surface area contributed by atoms with Crippen LogP contribution in [0.25, 0.3) is 0 Å². The van der Waals surface area contributed by atoms with E-state index in [1.165, 1.54) is 6.08 Å². The molecule has 146 valence electrons. The lowest BCUT2D eigenvalue weighted by Crippen LogP contribution is -2.50. The first-order valence-corrected chi connectivity index (χ1v) is 8.39. The van der Waals surface area contributed by atoms with E-state index < -0.39 is 35.4 Å². The minimum Gasteiger partial charge on any atom is -0.480 e. The third-order valence-electron chi connectivity index (χ3n) is 4.01. The Morgan fingerprint density at radius 1 is 1.46 bits per heavy atom. The molecular formula is C18H24F4N2O2. The Morgan fingerprint density at radius 3 is 2.73 bits per heavy atom. The summed E-state index contributed by atoms with van der Waals surface area (Å²) in [6.45, 7) is 5.23. The van der Waals surface area contributed by atoms with Crippen molar-refractivity contribution in [1.82, 2.24) is 5.32 Å². The van der Waals surface area contributed by atoms with Gasteiger partial charge >= 0.3 is 12.3 Å². The third kappa shape index (κ3) is 7.95. The molecule has 0 heterocycles. The van der Waals surface area contributed by atoms with Gasteiger partial charge in [-0.1, -0.05) is 25.0 Å². The van der Waals surface area contributed by atoms with Crippen molar-refractivity contribution in [3.63, 3.8) is 0 Å². The normalized spacial score (nSPS) is 23.4. The summed E-state index contributed by atoms with van der Waals surface area (Å²) < 4.78 is 50.9. The van der Waals surface area contributed by atoms with E-state index in [4.69, 9.17) is 0 Å². The van der Waals surface area contributed by atoms with Crippen LogP contribution in [-0.4, -0.2) is 34.7 Å². The lowest BCUT2D eigenvalue weighted by Gasteiger charge is -2.30. The van der Waals surface area contributed by atoms with Gasteiger partial charge in [0.2, 0.25) is 0 Å². The average molecular weight is 376 g/mol. The van der Waals surface area contributed by atoms with Crippen LogP contribution < -0.4 is 5.32 Å². The van der Waals surface area contributed by atoms with E-state index in [2.05, 4.69) is 16.9 Å². The summed E-state index contributed by atoms with van der Waals surface area (Å²) in [6, 6.07) is -0.883. The molecule has 0 radical (unpaired) electrons. The number of hydrogen-bond donors (Lipinski definition) is 2. The maximum absolute atomic E-state index is 13.8. The summed E-state index contributed by atoms with van der Waals surface area (Å²) in [5, 5.41) is 12.3. The van der Waals surface area contributed by atoms with Crippen LogP contribution in [0.4, 0.5) is 17.6 Å².